The zero-order valence-electron chi connectivity index (χ0n) is 21.6. The minimum absolute atomic E-state index is 0.0103. The summed E-state index contributed by atoms with van der Waals surface area (Å²) >= 11 is 0. The van der Waals surface area contributed by atoms with Crippen molar-refractivity contribution in [1.82, 2.24) is 0 Å². The van der Waals surface area contributed by atoms with Gasteiger partial charge < -0.3 is 60.2 Å². The van der Waals surface area contributed by atoms with Crippen LogP contribution in [0.15, 0.2) is 54.6 Å². The van der Waals surface area contributed by atoms with E-state index >= 15 is 0 Å². The van der Waals surface area contributed by atoms with E-state index in [4.69, 9.17) is 14.2 Å². The summed E-state index contributed by atoms with van der Waals surface area (Å²) in [7, 11) is 0. The van der Waals surface area contributed by atoms with E-state index in [0.717, 1.165) is 36.4 Å². The highest BCUT2D eigenvalue weighted by Gasteiger charge is 2.34. The second kappa shape index (κ2) is 10.8. The number of hydrogen-bond donors (Lipinski definition) is 9. The first kappa shape index (κ1) is 28.5. The number of fused-ring (bicyclic) bond motifs is 1. The highest BCUT2D eigenvalue weighted by atomic mass is 16.5. The largest absolute Gasteiger partial charge is 0.508 e. The number of aliphatic hydroxyl groups is 1. The lowest BCUT2D eigenvalue weighted by Gasteiger charge is -2.32. The van der Waals surface area contributed by atoms with Gasteiger partial charge >= 0.3 is 11.9 Å². The second-order valence-electron chi connectivity index (χ2n) is 9.46. The summed E-state index contributed by atoms with van der Waals surface area (Å²) in [5, 5.41) is 89.2. The zero-order valence-corrected chi connectivity index (χ0v) is 21.6. The van der Waals surface area contributed by atoms with E-state index in [9.17, 15) is 55.5 Å². The van der Waals surface area contributed by atoms with Crippen LogP contribution < -0.4 is 14.2 Å². The topological polar surface area (TPSA) is 244 Å². The number of aliphatic hydroxyl groups excluding tert-OH is 1. The standard InChI is InChI=1S/C29H22O14/c30-14-8-22-15(23(9-14)42-28(39)12-3-17(32)25(37)18(33)4-12)10-21(36)27(41-22)11-1-2-16(31)24(7-11)43-29(40)13-5-19(34)26(38)20(35)6-13/h1-9,21,27,30-38H,10H2/t21-,27+/m0/s1. The Labute approximate surface area is 240 Å². The molecule has 4 aromatic carbocycles. The van der Waals surface area contributed by atoms with Gasteiger partial charge in [-0.2, -0.15) is 0 Å². The monoisotopic (exact) mass is 594 g/mol. The Kier molecular flexibility index (Phi) is 7.13. The van der Waals surface area contributed by atoms with Gasteiger partial charge in [-0.1, -0.05) is 6.07 Å². The number of ether oxygens (including phenoxy) is 3. The molecule has 0 saturated carbocycles. The van der Waals surface area contributed by atoms with Crippen molar-refractivity contribution < 1.29 is 69.8 Å². The fourth-order valence-electron chi connectivity index (χ4n) is 4.38. The highest BCUT2D eigenvalue weighted by Crippen LogP contribution is 2.44. The van der Waals surface area contributed by atoms with Gasteiger partial charge in [-0.3, -0.25) is 0 Å². The Hall–Kier alpha value is -6.02. The molecule has 5 rings (SSSR count). The lowest BCUT2D eigenvalue weighted by atomic mass is 9.93. The average molecular weight is 594 g/mol. The third kappa shape index (κ3) is 5.49. The van der Waals surface area contributed by atoms with Gasteiger partial charge in [0, 0.05) is 24.1 Å². The van der Waals surface area contributed by atoms with Gasteiger partial charge in [0.25, 0.3) is 0 Å². The van der Waals surface area contributed by atoms with E-state index in [1.54, 1.807) is 0 Å². The molecule has 0 spiro atoms. The summed E-state index contributed by atoms with van der Waals surface area (Å²) in [4.78, 5) is 25.3. The number of phenols is 8. The van der Waals surface area contributed by atoms with E-state index < -0.39 is 64.4 Å². The van der Waals surface area contributed by atoms with Crippen LogP contribution in [-0.4, -0.2) is 64.0 Å². The van der Waals surface area contributed by atoms with Gasteiger partial charge in [-0.15, -0.1) is 0 Å². The fourth-order valence-corrected chi connectivity index (χ4v) is 4.38. The normalized spacial score (nSPS) is 15.7. The van der Waals surface area contributed by atoms with Crippen molar-refractivity contribution >= 4 is 11.9 Å². The molecule has 222 valence electrons. The van der Waals surface area contributed by atoms with Crippen molar-refractivity contribution in [2.45, 2.75) is 18.6 Å². The summed E-state index contributed by atoms with van der Waals surface area (Å²) in [6.07, 6.45) is -2.60. The summed E-state index contributed by atoms with van der Waals surface area (Å²) in [5.74, 6) is -8.39. The van der Waals surface area contributed by atoms with Crippen molar-refractivity contribution in [2.75, 3.05) is 0 Å². The van der Waals surface area contributed by atoms with Crippen LogP contribution in [-0.2, 0) is 6.42 Å². The van der Waals surface area contributed by atoms with Crippen molar-refractivity contribution in [1.29, 1.82) is 0 Å². The minimum Gasteiger partial charge on any atom is -0.508 e. The van der Waals surface area contributed by atoms with Crippen LogP contribution in [0.1, 0.15) is 37.9 Å². The lowest BCUT2D eigenvalue weighted by Crippen LogP contribution is -2.31. The highest BCUT2D eigenvalue weighted by molar-refractivity contribution is 5.93. The molecule has 0 saturated heterocycles. The number of aromatic hydroxyl groups is 8. The maximum atomic E-state index is 12.7. The van der Waals surface area contributed by atoms with E-state index in [1.807, 2.05) is 0 Å². The molecule has 0 fully saturated rings. The number of carbonyl (C=O) groups excluding carboxylic acids is 2. The van der Waals surface area contributed by atoms with E-state index in [2.05, 4.69) is 0 Å². The molecule has 1 heterocycles. The van der Waals surface area contributed by atoms with Crippen molar-refractivity contribution in [3.8, 4) is 63.2 Å². The number of rotatable bonds is 5. The van der Waals surface area contributed by atoms with Crippen LogP contribution >= 0.6 is 0 Å². The van der Waals surface area contributed by atoms with Gasteiger partial charge in [0.1, 0.15) is 23.4 Å². The predicted octanol–water partition coefficient (Wildman–Crippen LogP) is 2.81. The molecule has 1 aliphatic rings. The van der Waals surface area contributed by atoms with Gasteiger partial charge in [-0.05, 0) is 42.0 Å². The number of hydrogen-bond acceptors (Lipinski definition) is 14. The molecule has 0 bridgehead atoms. The first-order chi connectivity index (χ1) is 20.3. The summed E-state index contributed by atoms with van der Waals surface area (Å²) in [6, 6.07) is 9.41. The number of benzene rings is 4. The average Bonchev–Trinajstić information content (AvgIpc) is 2.95. The Morgan fingerprint density at radius 3 is 1.70 bits per heavy atom. The van der Waals surface area contributed by atoms with Crippen LogP contribution in [0.25, 0.3) is 0 Å². The predicted molar refractivity (Wildman–Crippen MR) is 142 cm³/mol. The van der Waals surface area contributed by atoms with Crippen molar-refractivity contribution in [3.05, 3.63) is 76.9 Å². The molecule has 0 amide bonds. The van der Waals surface area contributed by atoms with E-state index in [1.165, 1.54) is 18.2 Å². The minimum atomic E-state index is -1.30. The summed E-state index contributed by atoms with van der Waals surface area (Å²) < 4.78 is 16.4. The Morgan fingerprint density at radius 1 is 0.651 bits per heavy atom. The molecule has 0 aliphatic carbocycles. The molecule has 1 aliphatic heterocycles. The first-order valence-electron chi connectivity index (χ1n) is 12.3. The van der Waals surface area contributed by atoms with E-state index in [-0.39, 0.29) is 51.7 Å². The number of carbonyl (C=O) groups is 2. The van der Waals surface area contributed by atoms with Crippen LogP contribution in [0.2, 0.25) is 0 Å². The Bertz CT molecular complexity index is 1730. The van der Waals surface area contributed by atoms with Crippen LogP contribution in [0.5, 0.6) is 63.2 Å². The molecule has 43 heavy (non-hydrogen) atoms. The molecule has 0 radical (unpaired) electrons. The summed E-state index contributed by atoms with van der Waals surface area (Å²) in [5.41, 5.74) is -0.286. The Morgan fingerprint density at radius 2 is 1.16 bits per heavy atom. The van der Waals surface area contributed by atoms with Gasteiger partial charge in [0.05, 0.1) is 17.2 Å². The van der Waals surface area contributed by atoms with Crippen LogP contribution in [0, 0.1) is 0 Å². The lowest BCUT2D eigenvalue weighted by molar-refractivity contribution is 0.0193. The quantitative estimate of drug-likeness (QED) is 0.0916. The first-order valence-corrected chi connectivity index (χ1v) is 12.3. The Balaban J connectivity index is 1.40. The maximum Gasteiger partial charge on any atom is 0.343 e. The number of esters is 2. The van der Waals surface area contributed by atoms with E-state index in [0.29, 0.717) is 0 Å². The second-order valence-corrected chi connectivity index (χ2v) is 9.46. The van der Waals surface area contributed by atoms with Crippen LogP contribution in [0.4, 0.5) is 0 Å². The zero-order chi connectivity index (χ0) is 31.2. The molecule has 14 nitrogen and oxygen atoms in total. The molecule has 0 aromatic heterocycles. The molecular formula is C29H22O14. The SMILES string of the molecule is O=C(Oc1cc([C@H]2Oc3cc(O)cc(OC(=O)c4cc(O)c(O)c(O)c4)c3C[C@@H]2O)ccc1O)c1cc(O)c(O)c(O)c1. The molecule has 14 heteroatoms. The molecule has 0 unspecified atom stereocenters. The van der Waals surface area contributed by atoms with Gasteiger partial charge in [0.2, 0.25) is 0 Å². The van der Waals surface area contributed by atoms with Crippen molar-refractivity contribution in [3.63, 3.8) is 0 Å². The van der Waals surface area contributed by atoms with Gasteiger partial charge in [0.15, 0.2) is 46.0 Å². The third-order valence-corrected chi connectivity index (χ3v) is 6.50. The maximum absolute atomic E-state index is 12.7. The van der Waals surface area contributed by atoms with Crippen molar-refractivity contribution in [2.24, 2.45) is 0 Å². The molecule has 9 N–H and O–H groups in total. The molecular weight excluding hydrogens is 572 g/mol. The molecule has 2 atom stereocenters. The number of phenolic OH excluding ortho intramolecular Hbond substituents is 8. The van der Waals surface area contributed by atoms with Crippen LogP contribution in [0.3, 0.4) is 0 Å². The fraction of sp³-hybridized carbons (Fsp3) is 0.103. The smallest absolute Gasteiger partial charge is 0.343 e. The molecule has 4 aromatic rings. The summed E-state index contributed by atoms with van der Waals surface area (Å²) in [6.45, 7) is 0. The van der Waals surface area contributed by atoms with Gasteiger partial charge in [-0.25, -0.2) is 9.59 Å². The third-order valence-electron chi connectivity index (χ3n) is 6.50.